The number of ether oxygens (including phenoxy) is 1. The van der Waals surface area contributed by atoms with E-state index in [0.717, 1.165) is 0 Å². The van der Waals surface area contributed by atoms with Crippen molar-refractivity contribution in [2.75, 3.05) is 16.4 Å². The molecule has 2 amide bonds. The lowest BCUT2D eigenvalue weighted by Crippen LogP contribution is -2.56. The molecule has 2 heterocycles. The molecule has 0 atom stereocenters. The van der Waals surface area contributed by atoms with E-state index in [4.69, 9.17) is 21.4 Å². The largest absolute Gasteiger partial charge is 0.494 e. The predicted octanol–water partition coefficient (Wildman–Crippen LogP) is 4.43. The zero-order valence-corrected chi connectivity index (χ0v) is 17.0. The molecule has 1 aliphatic rings. The number of hydrogen-bond donors (Lipinski definition) is 0. The van der Waals surface area contributed by atoms with Gasteiger partial charge in [-0.25, -0.2) is 0 Å². The van der Waals surface area contributed by atoms with Gasteiger partial charge in [0.1, 0.15) is 17.1 Å². The van der Waals surface area contributed by atoms with E-state index in [-0.39, 0.29) is 10.7 Å². The fourth-order valence-corrected chi connectivity index (χ4v) is 3.51. The summed E-state index contributed by atoms with van der Waals surface area (Å²) in [5.41, 5.74) is 1.06. The van der Waals surface area contributed by atoms with Crippen molar-refractivity contribution in [1.82, 2.24) is 0 Å². The highest BCUT2D eigenvalue weighted by molar-refractivity contribution is 7.81. The topological polar surface area (TPSA) is 63.0 Å². The van der Waals surface area contributed by atoms with Crippen LogP contribution in [0.2, 0.25) is 0 Å². The van der Waals surface area contributed by atoms with E-state index in [1.807, 2.05) is 13.0 Å². The highest BCUT2D eigenvalue weighted by Crippen LogP contribution is 2.30. The molecule has 6 nitrogen and oxygen atoms in total. The maximum absolute atomic E-state index is 13.3. The van der Waals surface area contributed by atoms with Gasteiger partial charge in [-0.1, -0.05) is 18.2 Å². The van der Waals surface area contributed by atoms with Gasteiger partial charge in [-0.05, 0) is 73.7 Å². The summed E-state index contributed by atoms with van der Waals surface area (Å²) in [6, 6.07) is 19.3. The number of para-hydroxylation sites is 1. The molecule has 1 aromatic heterocycles. The van der Waals surface area contributed by atoms with E-state index < -0.39 is 11.8 Å². The van der Waals surface area contributed by atoms with Crippen LogP contribution in [0.15, 0.2) is 83.0 Å². The summed E-state index contributed by atoms with van der Waals surface area (Å²) in [6.45, 7) is 2.43. The fourth-order valence-electron chi connectivity index (χ4n) is 3.14. The number of carbonyl (C=O) groups excluding carboxylic acids is 2. The quantitative estimate of drug-likeness (QED) is 0.349. The molecule has 1 aliphatic heterocycles. The Balaban J connectivity index is 1.81. The number of furan rings is 1. The lowest BCUT2D eigenvalue weighted by Gasteiger charge is -2.36. The fraction of sp³-hybridized carbons (Fsp3) is 0.0870. The first-order valence-corrected chi connectivity index (χ1v) is 9.77. The van der Waals surface area contributed by atoms with Crippen LogP contribution in [0.25, 0.3) is 6.08 Å². The van der Waals surface area contributed by atoms with Crippen LogP contribution in [0.5, 0.6) is 5.75 Å². The molecule has 30 heavy (non-hydrogen) atoms. The van der Waals surface area contributed by atoms with Gasteiger partial charge in [-0.3, -0.25) is 19.4 Å². The first-order chi connectivity index (χ1) is 14.6. The molecule has 0 radical (unpaired) electrons. The monoisotopic (exact) mass is 418 g/mol. The first-order valence-electron chi connectivity index (χ1n) is 9.36. The molecule has 150 valence electrons. The molecule has 0 aliphatic carbocycles. The van der Waals surface area contributed by atoms with Crippen LogP contribution < -0.4 is 14.5 Å². The summed E-state index contributed by atoms with van der Waals surface area (Å²) in [5.74, 6) is 0.0608. The highest BCUT2D eigenvalue weighted by atomic mass is 32.1. The summed E-state index contributed by atoms with van der Waals surface area (Å²) in [4.78, 5) is 29.3. The minimum Gasteiger partial charge on any atom is -0.494 e. The zero-order valence-electron chi connectivity index (χ0n) is 16.1. The standard InChI is InChI=1S/C23H18N2O4S/c1-2-28-18-12-10-17(11-13-18)25-22(27)20(15-19-9-6-14-29-19)21(26)24(23(25)30)16-7-4-3-5-8-16/h3-15H,2H2,1H3/b20-15+. The van der Waals surface area contributed by atoms with Crippen molar-refractivity contribution in [2.24, 2.45) is 0 Å². The van der Waals surface area contributed by atoms with Gasteiger partial charge < -0.3 is 9.15 Å². The molecule has 0 unspecified atom stereocenters. The molecule has 2 aromatic carbocycles. The predicted molar refractivity (Wildman–Crippen MR) is 118 cm³/mol. The Hall–Kier alpha value is -3.71. The first kappa shape index (κ1) is 19.6. The van der Waals surface area contributed by atoms with E-state index >= 15 is 0 Å². The number of rotatable bonds is 5. The van der Waals surface area contributed by atoms with Crippen molar-refractivity contribution in [3.05, 3.63) is 84.3 Å². The summed E-state index contributed by atoms with van der Waals surface area (Å²) >= 11 is 5.58. The van der Waals surface area contributed by atoms with Crippen molar-refractivity contribution >= 4 is 46.6 Å². The van der Waals surface area contributed by atoms with Gasteiger partial charge in [0.2, 0.25) is 0 Å². The Morgan fingerprint density at radius 2 is 1.53 bits per heavy atom. The summed E-state index contributed by atoms with van der Waals surface area (Å²) < 4.78 is 10.8. The Morgan fingerprint density at radius 1 is 0.900 bits per heavy atom. The average Bonchev–Trinajstić information content (AvgIpc) is 3.27. The third-order valence-corrected chi connectivity index (χ3v) is 4.86. The van der Waals surface area contributed by atoms with Gasteiger partial charge in [0.25, 0.3) is 11.8 Å². The van der Waals surface area contributed by atoms with Crippen LogP contribution in [0, 0.1) is 0 Å². The van der Waals surface area contributed by atoms with E-state index in [0.29, 0.717) is 29.5 Å². The second-order valence-corrected chi connectivity index (χ2v) is 6.76. The van der Waals surface area contributed by atoms with Crippen molar-refractivity contribution < 1.29 is 18.7 Å². The maximum Gasteiger partial charge on any atom is 0.270 e. The molecule has 1 fully saturated rings. The number of amides is 2. The normalized spacial score (nSPS) is 15.8. The molecule has 0 spiro atoms. The number of nitrogens with zero attached hydrogens (tertiary/aromatic N) is 2. The molecule has 0 bridgehead atoms. The molecule has 0 N–H and O–H groups in total. The third-order valence-electron chi connectivity index (χ3n) is 4.50. The number of anilines is 2. The molecular formula is C23H18N2O4S. The zero-order chi connectivity index (χ0) is 21.1. The van der Waals surface area contributed by atoms with Crippen LogP contribution in [0.4, 0.5) is 11.4 Å². The van der Waals surface area contributed by atoms with Crippen LogP contribution >= 0.6 is 12.2 Å². The molecule has 7 heteroatoms. The van der Waals surface area contributed by atoms with Crippen molar-refractivity contribution in [2.45, 2.75) is 6.92 Å². The van der Waals surface area contributed by atoms with Crippen LogP contribution in [0.1, 0.15) is 12.7 Å². The lowest BCUT2D eigenvalue weighted by molar-refractivity contribution is -0.120. The maximum atomic E-state index is 13.3. The second-order valence-electron chi connectivity index (χ2n) is 6.40. The van der Waals surface area contributed by atoms with Gasteiger partial charge in [0.15, 0.2) is 5.11 Å². The molecular weight excluding hydrogens is 400 g/mol. The minimum atomic E-state index is -0.516. The van der Waals surface area contributed by atoms with Gasteiger partial charge in [0.05, 0.1) is 24.2 Å². The highest BCUT2D eigenvalue weighted by Gasteiger charge is 2.41. The average molecular weight is 418 g/mol. The van der Waals surface area contributed by atoms with Crippen LogP contribution in [-0.2, 0) is 9.59 Å². The number of thiocarbonyl (C=S) groups is 1. The van der Waals surface area contributed by atoms with E-state index in [1.54, 1.807) is 60.7 Å². The van der Waals surface area contributed by atoms with E-state index in [9.17, 15) is 9.59 Å². The minimum absolute atomic E-state index is 0.0451. The molecule has 1 saturated heterocycles. The Bertz CT molecular complexity index is 1110. The molecule has 4 rings (SSSR count). The van der Waals surface area contributed by atoms with E-state index in [1.165, 1.54) is 22.1 Å². The van der Waals surface area contributed by atoms with Crippen LogP contribution in [0.3, 0.4) is 0 Å². The Labute approximate surface area is 179 Å². The Kier molecular flexibility index (Phi) is 5.45. The van der Waals surface area contributed by atoms with Gasteiger partial charge >= 0.3 is 0 Å². The van der Waals surface area contributed by atoms with Crippen molar-refractivity contribution in [3.8, 4) is 5.75 Å². The van der Waals surface area contributed by atoms with Gasteiger partial charge in [-0.2, -0.15) is 0 Å². The van der Waals surface area contributed by atoms with Crippen LogP contribution in [-0.4, -0.2) is 23.5 Å². The third kappa shape index (κ3) is 3.62. The van der Waals surface area contributed by atoms with Gasteiger partial charge in [-0.15, -0.1) is 0 Å². The van der Waals surface area contributed by atoms with Crippen molar-refractivity contribution in [3.63, 3.8) is 0 Å². The summed E-state index contributed by atoms with van der Waals surface area (Å²) in [7, 11) is 0. The molecule has 0 saturated carbocycles. The number of carbonyl (C=O) groups is 2. The summed E-state index contributed by atoms with van der Waals surface area (Å²) in [6.07, 6.45) is 2.91. The smallest absolute Gasteiger partial charge is 0.270 e. The van der Waals surface area contributed by atoms with Gasteiger partial charge in [0, 0.05) is 0 Å². The second kappa shape index (κ2) is 8.34. The van der Waals surface area contributed by atoms with Crippen molar-refractivity contribution in [1.29, 1.82) is 0 Å². The Morgan fingerprint density at radius 3 is 2.10 bits per heavy atom. The molecule has 3 aromatic rings. The number of benzene rings is 2. The number of hydrogen-bond acceptors (Lipinski definition) is 5. The SMILES string of the molecule is CCOc1ccc(N2C(=O)/C(=C/c3ccco3)C(=O)N(c3ccccc3)C2=S)cc1. The summed E-state index contributed by atoms with van der Waals surface area (Å²) in [5, 5.41) is 0.0805. The van der Waals surface area contributed by atoms with E-state index in [2.05, 4.69) is 0 Å². The lowest BCUT2D eigenvalue weighted by atomic mass is 10.1.